The quantitative estimate of drug-likeness (QED) is 0.700. The Labute approximate surface area is 78.5 Å². The molecule has 0 unspecified atom stereocenters. The van der Waals surface area contributed by atoms with Gasteiger partial charge in [-0.2, -0.15) is 28.4 Å². The molecule has 0 amide bonds. The van der Waals surface area contributed by atoms with E-state index in [0.29, 0.717) is 17.7 Å². The first-order valence-corrected chi connectivity index (χ1v) is 3.34. The minimum atomic E-state index is 0. The fraction of sp³-hybridized carbons (Fsp3) is 0.500. The minimum Gasteiger partial charge on any atom is -0.357 e. The van der Waals surface area contributed by atoms with Gasteiger partial charge in [0.1, 0.15) is 5.82 Å². The van der Waals surface area contributed by atoms with Crippen molar-refractivity contribution in [2.45, 2.75) is 6.92 Å². The first kappa shape index (κ1) is 11.0. The number of hydrogen-bond acceptors (Lipinski definition) is 5. The van der Waals surface area contributed by atoms with Crippen LogP contribution in [0.5, 0.6) is 0 Å². The van der Waals surface area contributed by atoms with Gasteiger partial charge in [-0.05, 0) is 6.92 Å². The summed E-state index contributed by atoms with van der Waals surface area (Å²) in [5, 5.41) is 5.68. The summed E-state index contributed by atoms with van der Waals surface area (Å²) >= 11 is 0. The van der Waals surface area contributed by atoms with Gasteiger partial charge in [0.25, 0.3) is 0 Å². The summed E-state index contributed by atoms with van der Waals surface area (Å²) in [6.07, 6.45) is 0. The summed E-state index contributed by atoms with van der Waals surface area (Å²) in [6.45, 7) is 1.82. The molecule has 0 spiro atoms. The first-order valence-electron chi connectivity index (χ1n) is 3.34. The topological polar surface area (TPSA) is 62.7 Å². The summed E-state index contributed by atoms with van der Waals surface area (Å²) in [5.74, 6) is 1.87. The molecular weight excluding hydrogens is 174 g/mol. The smallest absolute Gasteiger partial charge is 0.227 e. The highest BCUT2D eigenvalue weighted by Crippen LogP contribution is 2.02. The number of nitrogens with one attached hydrogen (secondary N) is 2. The van der Waals surface area contributed by atoms with E-state index in [1.165, 1.54) is 0 Å². The fourth-order valence-electron chi connectivity index (χ4n) is 0.705. The summed E-state index contributed by atoms with van der Waals surface area (Å²) in [4.78, 5) is 12.1. The molecule has 2 N–H and O–H groups in total. The van der Waals surface area contributed by atoms with Crippen LogP contribution in [-0.4, -0.2) is 29.0 Å². The molecule has 0 aromatic carbocycles. The van der Waals surface area contributed by atoms with E-state index in [1.54, 1.807) is 14.1 Å². The van der Waals surface area contributed by atoms with E-state index in [1.807, 2.05) is 6.92 Å². The Bertz CT molecular complexity index is 229. The Hall–Kier alpha value is -1.04. The summed E-state index contributed by atoms with van der Waals surface area (Å²) in [6, 6.07) is 0. The number of hydrogen-bond donors (Lipinski definition) is 2. The molecule has 5 nitrogen and oxygen atoms in total. The van der Waals surface area contributed by atoms with Crippen molar-refractivity contribution in [3.8, 4) is 0 Å². The Morgan fingerprint density at radius 3 is 1.67 bits per heavy atom. The van der Waals surface area contributed by atoms with Crippen molar-refractivity contribution in [2.75, 3.05) is 24.7 Å². The maximum Gasteiger partial charge on any atom is 0.227 e. The Kier molecular flexibility index (Phi) is 4.35. The molecule has 0 aliphatic heterocycles. The number of aromatic nitrogens is 3. The third-order valence-electron chi connectivity index (χ3n) is 1.19. The van der Waals surface area contributed by atoms with Crippen LogP contribution in [0.2, 0.25) is 0 Å². The molecule has 1 heterocycles. The van der Waals surface area contributed by atoms with Crippen LogP contribution in [0.1, 0.15) is 5.82 Å². The summed E-state index contributed by atoms with van der Waals surface area (Å²) in [7, 11) is 3.54. The maximum absolute atomic E-state index is 4.03. The third-order valence-corrected chi connectivity index (χ3v) is 1.19. The average molecular weight is 187 g/mol. The van der Waals surface area contributed by atoms with Crippen molar-refractivity contribution in [3.05, 3.63) is 5.82 Å². The molecule has 0 aliphatic rings. The van der Waals surface area contributed by atoms with Gasteiger partial charge in [-0.1, -0.05) is 0 Å². The van der Waals surface area contributed by atoms with Gasteiger partial charge in [-0.3, -0.25) is 0 Å². The molecule has 0 aliphatic carbocycles. The molecule has 0 fully saturated rings. The van der Waals surface area contributed by atoms with Crippen LogP contribution in [0.3, 0.4) is 0 Å². The van der Waals surface area contributed by atoms with Gasteiger partial charge >= 0.3 is 0 Å². The zero-order valence-corrected chi connectivity index (χ0v) is 8.34. The molecule has 0 saturated heterocycles. The van der Waals surface area contributed by atoms with Crippen molar-refractivity contribution >= 4 is 25.4 Å². The fourth-order valence-corrected chi connectivity index (χ4v) is 0.705. The van der Waals surface area contributed by atoms with Crippen LogP contribution in [-0.2, 0) is 0 Å². The van der Waals surface area contributed by atoms with E-state index in [0.717, 1.165) is 0 Å². The van der Waals surface area contributed by atoms with Gasteiger partial charge in [-0.25, -0.2) is 0 Å². The van der Waals surface area contributed by atoms with Crippen LogP contribution in [0.25, 0.3) is 0 Å². The van der Waals surface area contributed by atoms with Gasteiger partial charge in [0.05, 0.1) is 0 Å². The standard InChI is InChI=1S/C6H11N5.H2S/c1-4-9-5(7-2)11-6(8-3)10-4;/h1-3H3,(H2,7,8,9,10,11);1H2. The van der Waals surface area contributed by atoms with Gasteiger partial charge in [0, 0.05) is 14.1 Å². The van der Waals surface area contributed by atoms with Crippen LogP contribution in [0.15, 0.2) is 0 Å². The first-order chi connectivity index (χ1) is 5.26. The van der Waals surface area contributed by atoms with Gasteiger partial charge < -0.3 is 10.6 Å². The molecule has 6 heteroatoms. The molecule has 1 aromatic heterocycles. The predicted octanol–water partition coefficient (Wildman–Crippen LogP) is 0.376. The van der Waals surface area contributed by atoms with Crippen molar-refractivity contribution in [2.24, 2.45) is 0 Å². The van der Waals surface area contributed by atoms with Crippen LogP contribution in [0, 0.1) is 6.92 Å². The molecule has 12 heavy (non-hydrogen) atoms. The van der Waals surface area contributed by atoms with Crippen molar-refractivity contribution in [1.29, 1.82) is 0 Å². The van der Waals surface area contributed by atoms with Crippen LogP contribution in [0.4, 0.5) is 11.9 Å². The second-order valence-corrected chi connectivity index (χ2v) is 2.03. The number of nitrogens with zero attached hydrogens (tertiary/aromatic N) is 3. The zero-order chi connectivity index (χ0) is 8.27. The van der Waals surface area contributed by atoms with Gasteiger partial charge in [0.15, 0.2) is 0 Å². The minimum absolute atomic E-state index is 0. The largest absolute Gasteiger partial charge is 0.357 e. The maximum atomic E-state index is 4.03. The molecule has 68 valence electrons. The lowest BCUT2D eigenvalue weighted by molar-refractivity contribution is 0.979. The zero-order valence-electron chi connectivity index (χ0n) is 7.34. The lowest BCUT2D eigenvalue weighted by Crippen LogP contribution is -2.04. The van der Waals surface area contributed by atoms with E-state index in [2.05, 4.69) is 25.6 Å². The third kappa shape index (κ3) is 2.54. The Morgan fingerprint density at radius 2 is 1.33 bits per heavy atom. The van der Waals surface area contributed by atoms with E-state index >= 15 is 0 Å². The van der Waals surface area contributed by atoms with Crippen LogP contribution < -0.4 is 10.6 Å². The van der Waals surface area contributed by atoms with E-state index < -0.39 is 0 Å². The van der Waals surface area contributed by atoms with Crippen molar-refractivity contribution in [3.63, 3.8) is 0 Å². The molecule has 0 bridgehead atoms. The molecule has 1 aromatic rings. The van der Waals surface area contributed by atoms with E-state index in [9.17, 15) is 0 Å². The van der Waals surface area contributed by atoms with Gasteiger partial charge in [0.2, 0.25) is 11.9 Å². The second kappa shape index (κ2) is 4.76. The number of rotatable bonds is 2. The van der Waals surface area contributed by atoms with Crippen LogP contribution >= 0.6 is 13.5 Å². The van der Waals surface area contributed by atoms with Crippen molar-refractivity contribution < 1.29 is 0 Å². The van der Waals surface area contributed by atoms with E-state index in [4.69, 9.17) is 0 Å². The number of aryl methyl sites for hydroxylation is 1. The lowest BCUT2D eigenvalue weighted by atomic mass is 10.7. The molecule has 0 radical (unpaired) electrons. The lowest BCUT2D eigenvalue weighted by Gasteiger charge is -2.01. The normalized spacial score (nSPS) is 8.58. The molecule has 0 atom stereocenters. The summed E-state index contributed by atoms with van der Waals surface area (Å²) in [5.41, 5.74) is 0. The Balaban J connectivity index is 0.00000121. The summed E-state index contributed by atoms with van der Waals surface area (Å²) < 4.78 is 0. The highest BCUT2D eigenvalue weighted by atomic mass is 32.1. The Morgan fingerprint density at radius 1 is 0.917 bits per heavy atom. The SMILES string of the molecule is CNc1nc(C)nc(NC)n1.S. The molecule has 0 saturated carbocycles. The number of anilines is 2. The van der Waals surface area contributed by atoms with Gasteiger partial charge in [-0.15, -0.1) is 0 Å². The molecule has 1 rings (SSSR count). The van der Waals surface area contributed by atoms with E-state index in [-0.39, 0.29) is 13.5 Å². The highest BCUT2D eigenvalue weighted by molar-refractivity contribution is 7.59. The molecular formula is C6H13N5S. The second-order valence-electron chi connectivity index (χ2n) is 2.03. The van der Waals surface area contributed by atoms with Crippen molar-refractivity contribution in [1.82, 2.24) is 15.0 Å². The monoisotopic (exact) mass is 187 g/mol. The highest BCUT2D eigenvalue weighted by Gasteiger charge is 1.98. The average Bonchev–Trinajstić information content (AvgIpc) is 2.03. The predicted molar refractivity (Wildman–Crippen MR) is 54.0 cm³/mol.